The predicted octanol–water partition coefficient (Wildman–Crippen LogP) is 3.88. The van der Waals surface area contributed by atoms with Crippen molar-refractivity contribution in [2.24, 2.45) is 10.2 Å². The van der Waals surface area contributed by atoms with Crippen LogP contribution in [0.3, 0.4) is 0 Å². The van der Waals surface area contributed by atoms with Gasteiger partial charge in [-0.25, -0.2) is 0 Å². The van der Waals surface area contributed by atoms with E-state index in [9.17, 15) is 0 Å². The lowest BCUT2D eigenvalue weighted by molar-refractivity contribution is 1.22. The van der Waals surface area contributed by atoms with Gasteiger partial charge in [-0.05, 0) is 61.4 Å². The molecule has 0 amide bonds. The van der Waals surface area contributed by atoms with Crippen molar-refractivity contribution in [2.75, 3.05) is 11.5 Å². The first-order chi connectivity index (χ1) is 8.56. The van der Waals surface area contributed by atoms with Crippen LogP contribution in [0.25, 0.3) is 0 Å². The number of nitrogens with zero attached hydrogens (tertiary/aromatic N) is 2. The average Bonchev–Trinajstić information content (AvgIpc) is 2.35. The Kier molecular flexibility index (Phi) is 3.28. The monoisotopic (exact) mass is 240 g/mol. The van der Waals surface area contributed by atoms with Gasteiger partial charge in [-0.1, -0.05) is 0 Å². The van der Waals surface area contributed by atoms with Gasteiger partial charge in [-0.15, -0.1) is 0 Å². The first-order valence-electron chi connectivity index (χ1n) is 5.70. The molecule has 0 saturated carbocycles. The Morgan fingerprint density at radius 3 is 1.44 bits per heavy atom. The minimum Gasteiger partial charge on any atom is -0.399 e. The molecule has 4 nitrogen and oxygen atoms in total. The highest BCUT2D eigenvalue weighted by molar-refractivity contribution is 5.56. The Labute approximate surface area is 106 Å². The number of benzene rings is 2. The molecule has 0 aliphatic carbocycles. The van der Waals surface area contributed by atoms with Gasteiger partial charge in [0.1, 0.15) is 0 Å². The summed E-state index contributed by atoms with van der Waals surface area (Å²) in [5, 5.41) is 8.36. The lowest BCUT2D eigenvalue weighted by atomic mass is 10.2. The molecule has 18 heavy (non-hydrogen) atoms. The normalized spacial score (nSPS) is 11.0. The first kappa shape index (κ1) is 12.1. The van der Waals surface area contributed by atoms with Gasteiger partial charge in [0, 0.05) is 11.4 Å². The van der Waals surface area contributed by atoms with Crippen LogP contribution in [0.1, 0.15) is 11.1 Å². The van der Waals surface area contributed by atoms with Gasteiger partial charge in [-0.2, -0.15) is 10.2 Å². The summed E-state index contributed by atoms with van der Waals surface area (Å²) < 4.78 is 0. The zero-order chi connectivity index (χ0) is 13.1. The van der Waals surface area contributed by atoms with E-state index in [2.05, 4.69) is 10.2 Å². The molecule has 0 aromatic heterocycles. The van der Waals surface area contributed by atoms with E-state index in [4.69, 9.17) is 11.5 Å². The smallest absolute Gasteiger partial charge is 0.0861 e. The Bertz CT molecular complexity index is 549. The summed E-state index contributed by atoms with van der Waals surface area (Å²) in [4.78, 5) is 0. The van der Waals surface area contributed by atoms with Gasteiger partial charge >= 0.3 is 0 Å². The molecule has 4 heteroatoms. The molecular formula is C14H16N4. The quantitative estimate of drug-likeness (QED) is 0.617. The number of aryl methyl sites for hydroxylation is 2. The third-order valence-corrected chi connectivity index (χ3v) is 2.79. The second-order valence-corrected chi connectivity index (χ2v) is 4.28. The summed E-state index contributed by atoms with van der Waals surface area (Å²) in [6.07, 6.45) is 0. The van der Waals surface area contributed by atoms with Crippen LogP contribution in [0.5, 0.6) is 0 Å². The molecule has 2 aromatic rings. The van der Waals surface area contributed by atoms with Gasteiger partial charge in [0.2, 0.25) is 0 Å². The second-order valence-electron chi connectivity index (χ2n) is 4.28. The summed E-state index contributed by atoms with van der Waals surface area (Å²) in [7, 11) is 0. The number of hydrogen-bond acceptors (Lipinski definition) is 4. The number of nitrogen functional groups attached to an aromatic ring is 2. The molecular weight excluding hydrogens is 224 g/mol. The van der Waals surface area contributed by atoms with Crippen LogP contribution < -0.4 is 11.5 Å². The molecule has 0 fully saturated rings. The molecule has 0 unspecified atom stereocenters. The number of anilines is 2. The fourth-order valence-corrected chi connectivity index (χ4v) is 1.56. The van der Waals surface area contributed by atoms with Crippen molar-refractivity contribution in [3.63, 3.8) is 0 Å². The fourth-order valence-electron chi connectivity index (χ4n) is 1.56. The standard InChI is InChI=1S/C14H16N4/c1-9-7-11(3-5-13(9)15)17-18-12-4-6-14(16)10(2)8-12/h3-8H,15-16H2,1-2H3. The van der Waals surface area contributed by atoms with Crippen LogP contribution in [-0.4, -0.2) is 0 Å². The van der Waals surface area contributed by atoms with E-state index < -0.39 is 0 Å². The van der Waals surface area contributed by atoms with Crippen LogP contribution in [0.15, 0.2) is 46.6 Å². The number of azo groups is 1. The summed E-state index contributed by atoms with van der Waals surface area (Å²) in [6.45, 7) is 3.89. The first-order valence-corrected chi connectivity index (χ1v) is 5.70. The molecule has 4 N–H and O–H groups in total. The van der Waals surface area contributed by atoms with E-state index in [1.165, 1.54) is 0 Å². The lowest BCUT2D eigenvalue weighted by Crippen LogP contribution is -1.87. The van der Waals surface area contributed by atoms with Crippen molar-refractivity contribution in [2.45, 2.75) is 13.8 Å². The van der Waals surface area contributed by atoms with Crippen LogP contribution >= 0.6 is 0 Å². The van der Waals surface area contributed by atoms with Crippen molar-refractivity contribution in [3.05, 3.63) is 47.5 Å². The Hall–Kier alpha value is -2.36. The van der Waals surface area contributed by atoms with Crippen LogP contribution in [0, 0.1) is 13.8 Å². The Balaban J connectivity index is 2.24. The van der Waals surface area contributed by atoms with Gasteiger partial charge < -0.3 is 11.5 Å². The van der Waals surface area contributed by atoms with Crippen molar-refractivity contribution < 1.29 is 0 Å². The average molecular weight is 240 g/mol. The largest absolute Gasteiger partial charge is 0.399 e. The highest BCUT2D eigenvalue weighted by Crippen LogP contribution is 2.24. The SMILES string of the molecule is Cc1cc(N=Nc2ccc(N)c(C)c2)ccc1N. The maximum Gasteiger partial charge on any atom is 0.0861 e. The lowest BCUT2D eigenvalue weighted by Gasteiger charge is -2.01. The molecule has 0 aliphatic rings. The fraction of sp³-hybridized carbons (Fsp3) is 0.143. The van der Waals surface area contributed by atoms with E-state index in [0.29, 0.717) is 0 Å². The van der Waals surface area contributed by atoms with Crippen molar-refractivity contribution in [1.29, 1.82) is 0 Å². The molecule has 0 bridgehead atoms. The molecule has 2 rings (SSSR count). The van der Waals surface area contributed by atoms with Crippen LogP contribution in [-0.2, 0) is 0 Å². The molecule has 0 saturated heterocycles. The number of hydrogen-bond donors (Lipinski definition) is 2. The molecule has 0 spiro atoms. The highest BCUT2D eigenvalue weighted by atomic mass is 15.1. The third kappa shape index (κ3) is 2.66. The summed E-state index contributed by atoms with van der Waals surface area (Å²) in [5.41, 5.74) is 16.6. The summed E-state index contributed by atoms with van der Waals surface area (Å²) in [6, 6.07) is 11.2. The van der Waals surface area contributed by atoms with E-state index in [0.717, 1.165) is 33.9 Å². The molecule has 2 aromatic carbocycles. The zero-order valence-corrected chi connectivity index (χ0v) is 10.5. The van der Waals surface area contributed by atoms with E-state index >= 15 is 0 Å². The third-order valence-electron chi connectivity index (χ3n) is 2.79. The maximum absolute atomic E-state index is 5.75. The van der Waals surface area contributed by atoms with E-state index in [1.54, 1.807) is 0 Å². The topological polar surface area (TPSA) is 76.8 Å². The van der Waals surface area contributed by atoms with Crippen LogP contribution in [0.2, 0.25) is 0 Å². The number of nitrogens with two attached hydrogens (primary N) is 2. The Morgan fingerprint density at radius 1 is 0.722 bits per heavy atom. The molecule has 0 heterocycles. The highest BCUT2D eigenvalue weighted by Gasteiger charge is 1.97. The maximum atomic E-state index is 5.75. The molecule has 0 atom stereocenters. The van der Waals surface area contributed by atoms with E-state index in [1.807, 2.05) is 50.2 Å². The molecule has 0 radical (unpaired) electrons. The van der Waals surface area contributed by atoms with Gasteiger partial charge in [-0.3, -0.25) is 0 Å². The van der Waals surface area contributed by atoms with Crippen molar-refractivity contribution in [3.8, 4) is 0 Å². The van der Waals surface area contributed by atoms with Crippen LogP contribution in [0.4, 0.5) is 22.7 Å². The number of rotatable bonds is 2. The summed E-state index contributed by atoms with van der Waals surface area (Å²) >= 11 is 0. The van der Waals surface area contributed by atoms with E-state index in [-0.39, 0.29) is 0 Å². The molecule has 92 valence electrons. The van der Waals surface area contributed by atoms with Gasteiger partial charge in [0.25, 0.3) is 0 Å². The van der Waals surface area contributed by atoms with Crippen molar-refractivity contribution in [1.82, 2.24) is 0 Å². The summed E-state index contributed by atoms with van der Waals surface area (Å²) in [5.74, 6) is 0. The predicted molar refractivity (Wildman–Crippen MR) is 75.4 cm³/mol. The minimum atomic E-state index is 0.761. The minimum absolute atomic E-state index is 0.761. The molecule has 0 aliphatic heterocycles. The van der Waals surface area contributed by atoms with Crippen molar-refractivity contribution >= 4 is 22.7 Å². The Morgan fingerprint density at radius 2 is 1.11 bits per heavy atom. The zero-order valence-electron chi connectivity index (χ0n) is 10.5. The van der Waals surface area contributed by atoms with Gasteiger partial charge in [0.05, 0.1) is 11.4 Å². The second kappa shape index (κ2) is 4.87. The van der Waals surface area contributed by atoms with Gasteiger partial charge in [0.15, 0.2) is 0 Å².